The van der Waals surface area contributed by atoms with E-state index in [1.54, 1.807) is 7.11 Å². The van der Waals surface area contributed by atoms with Crippen molar-refractivity contribution in [2.24, 2.45) is 5.73 Å². The topological polar surface area (TPSA) is 75.8 Å². The van der Waals surface area contributed by atoms with Gasteiger partial charge in [0.05, 0.1) is 13.2 Å². The molecule has 0 unspecified atom stereocenters. The quantitative estimate of drug-likeness (QED) is 0.885. The summed E-state index contributed by atoms with van der Waals surface area (Å²) in [6.45, 7) is 1.31. The highest BCUT2D eigenvalue weighted by Gasteiger charge is 2.29. The molecule has 1 aliphatic heterocycles. The molecule has 5 heteroatoms. The summed E-state index contributed by atoms with van der Waals surface area (Å²) < 4.78 is 5.39. The van der Waals surface area contributed by atoms with Crippen LogP contribution in [0.15, 0.2) is 42.5 Å². The molecule has 2 aromatic rings. The van der Waals surface area contributed by atoms with E-state index in [-0.39, 0.29) is 17.7 Å². The van der Waals surface area contributed by atoms with Crippen LogP contribution in [0.1, 0.15) is 18.4 Å². The molecule has 126 valence electrons. The number of methoxy groups -OCH3 is 1. The third-order valence-corrected chi connectivity index (χ3v) is 4.58. The maximum atomic E-state index is 11.6. The van der Waals surface area contributed by atoms with Crippen LogP contribution in [0.2, 0.25) is 0 Å². The lowest BCUT2D eigenvalue weighted by Crippen LogP contribution is -2.39. The number of aromatic hydroxyl groups is 1. The van der Waals surface area contributed by atoms with Crippen molar-refractivity contribution >= 4 is 5.91 Å². The molecule has 0 bridgehead atoms. The number of benzene rings is 2. The molecule has 3 N–H and O–H groups in total. The first kappa shape index (κ1) is 16.3. The van der Waals surface area contributed by atoms with Crippen molar-refractivity contribution in [3.8, 4) is 22.6 Å². The van der Waals surface area contributed by atoms with E-state index in [4.69, 9.17) is 10.5 Å². The second-order valence-corrected chi connectivity index (χ2v) is 6.04. The van der Waals surface area contributed by atoms with Gasteiger partial charge in [0.15, 0.2) is 0 Å². The molecule has 24 heavy (non-hydrogen) atoms. The Balaban J connectivity index is 1.93. The van der Waals surface area contributed by atoms with Crippen molar-refractivity contribution in [1.82, 2.24) is 4.90 Å². The molecule has 0 radical (unpaired) electrons. The van der Waals surface area contributed by atoms with Crippen LogP contribution in [0.5, 0.6) is 11.5 Å². The second kappa shape index (κ2) is 6.93. The normalized spacial score (nSPS) is 17.8. The minimum absolute atomic E-state index is 0.220. The fourth-order valence-electron chi connectivity index (χ4n) is 3.36. The van der Waals surface area contributed by atoms with Gasteiger partial charge in [0.25, 0.3) is 0 Å². The number of carbonyl (C=O) groups excluding carboxylic acids is 1. The number of carbonyl (C=O) groups is 1. The van der Waals surface area contributed by atoms with Gasteiger partial charge < -0.3 is 15.6 Å². The third-order valence-electron chi connectivity index (χ3n) is 4.58. The highest BCUT2D eigenvalue weighted by Crippen LogP contribution is 2.38. The summed E-state index contributed by atoms with van der Waals surface area (Å²) in [5.74, 6) is 0.631. The van der Waals surface area contributed by atoms with Gasteiger partial charge in [-0.1, -0.05) is 36.4 Å². The summed E-state index contributed by atoms with van der Waals surface area (Å²) in [6.07, 6.45) is 1.73. The summed E-state index contributed by atoms with van der Waals surface area (Å²) in [7, 11) is 1.61. The molecule has 1 fully saturated rings. The molecular formula is C19H22N2O3. The summed E-state index contributed by atoms with van der Waals surface area (Å²) >= 11 is 0. The Labute approximate surface area is 141 Å². The van der Waals surface area contributed by atoms with Gasteiger partial charge in [0.1, 0.15) is 11.5 Å². The van der Waals surface area contributed by atoms with E-state index < -0.39 is 0 Å². The number of phenolic OH excluding ortho intramolecular Hbond substituents is 1. The molecule has 0 spiro atoms. The molecule has 1 aliphatic rings. The van der Waals surface area contributed by atoms with Gasteiger partial charge in [0.2, 0.25) is 5.91 Å². The predicted molar refractivity (Wildman–Crippen MR) is 92.7 cm³/mol. The number of para-hydroxylation sites is 2. The maximum Gasteiger partial charge on any atom is 0.234 e. The highest BCUT2D eigenvalue weighted by atomic mass is 16.5. The largest absolute Gasteiger partial charge is 0.507 e. The first-order chi connectivity index (χ1) is 11.6. The molecule has 0 aliphatic carbocycles. The number of nitrogens with zero attached hydrogens (tertiary/aromatic N) is 1. The number of ether oxygens (including phenoxy) is 1. The average molecular weight is 326 g/mol. The average Bonchev–Trinajstić information content (AvgIpc) is 3.05. The Morgan fingerprint density at radius 1 is 1.25 bits per heavy atom. The lowest BCUT2D eigenvalue weighted by atomic mass is 10.00. The number of hydrogen-bond acceptors (Lipinski definition) is 4. The highest BCUT2D eigenvalue weighted by molar-refractivity contribution is 5.80. The van der Waals surface area contributed by atoms with E-state index in [0.717, 1.165) is 36.1 Å². The number of phenols is 1. The molecule has 5 nitrogen and oxygen atoms in total. The fourth-order valence-corrected chi connectivity index (χ4v) is 3.36. The lowest BCUT2D eigenvalue weighted by molar-refractivity contribution is -0.122. The third kappa shape index (κ3) is 3.08. The van der Waals surface area contributed by atoms with E-state index in [0.29, 0.717) is 12.3 Å². The second-order valence-electron chi connectivity index (χ2n) is 6.04. The molecule has 3 rings (SSSR count). The van der Waals surface area contributed by atoms with Crippen molar-refractivity contribution in [2.75, 3.05) is 13.7 Å². The first-order valence-corrected chi connectivity index (χ1v) is 8.09. The minimum atomic E-state index is -0.298. The predicted octanol–water partition coefficient (Wildman–Crippen LogP) is 2.52. The van der Waals surface area contributed by atoms with Crippen LogP contribution in [-0.2, 0) is 11.3 Å². The van der Waals surface area contributed by atoms with E-state index in [2.05, 4.69) is 0 Å². The van der Waals surface area contributed by atoms with Gasteiger partial charge in [-0.2, -0.15) is 0 Å². The number of nitrogens with two attached hydrogens (primary N) is 1. The molecule has 1 atom stereocenters. The van der Waals surface area contributed by atoms with Crippen molar-refractivity contribution in [1.29, 1.82) is 0 Å². The van der Waals surface area contributed by atoms with E-state index in [9.17, 15) is 9.90 Å². The zero-order chi connectivity index (χ0) is 17.1. The standard InChI is InChI=1S/C19H22N2O3/c1-24-17-10-3-2-7-14(17)15-8-4-6-13(18(15)22)12-21-11-5-9-16(21)19(20)23/h2-4,6-8,10,16,22H,5,9,11-12H2,1H3,(H2,20,23)/t16-/m0/s1. The monoisotopic (exact) mass is 326 g/mol. The molecular weight excluding hydrogens is 304 g/mol. The SMILES string of the molecule is COc1ccccc1-c1cccc(CN2CCC[C@H]2C(N)=O)c1O. The molecule has 0 aromatic heterocycles. The molecule has 1 heterocycles. The lowest BCUT2D eigenvalue weighted by Gasteiger charge is -2.23. The summed E-state index contributed by atoms with van der Waals surface area (Å²) in [6, 6.07) is 13.0. The molecule has 0 saturated carbocycles. The number of likely N-dealkylation sites (tertiary alicyclic amines) is 1. The van der Waals surface area contributed by atoms with E-state index >= 15 is 0 Å². The number of hydrogen-bond donors (Lipinski definition) is 2. The van der Waals surface area contributed by atoms with Crippen molar-refractivity contribution in [2.45, 2.75) is 25.4 Å². The number of rotatable bonds is 5. The zero-order valence-electron chi connectivity index (χ0n) is 13.7. The Morgan fingerprint density at radius 3 is 2.75 bits per heavy atom. The number of primary amides is 1. The van der Waals surface area contributed by atoms with Crippen LogP contribution in [0.4, 0.5) is 0 Å². The van der Waals surface area contributed by atoms with Crippen molar-refractivity contribution in [3.63, 3.8) is 0 Å². The van der Waals surface area contributed by atoms with Crippen LogP contribution in [-0.4, -0.2) is 35.6 Å². The van der Waals surface area contributed by atoms with E-state index in [1.165, 1.54) is 0 Å². The zero-order valence-corrected chi connectivity index (χ0v) is 13.7. The van der Waals surface area contributed by atoms with Gasteiger partial charge in [-0.15, -0.1) is 0 Å². The van der Waals surface area contributed by atoms with Gasteiger partial charge in [0, 0.05) is 23.2 Å². The van der Waals surface area contributed by atoms with Gasteiger partial charge >= 0.3 is 0 Å². The maximum absolute atomic E-state index is 11.6. The van der Waals surface area contributed by atoms with Gasteiger partial charge in [-0.25, -0.2) is 0 Å². The van der Waals surface area contributed by atoms with Gasteiger partial charge in [-0.05, 0) is 25.5 Å². The fraction of sp³-hybridized carbons (Fsp3) is 0.316. The Hall–Kier alpha value is -2.53. The van der Waals surface area contributed by atoms with Crippen LogP contribution >= 0.6 is 0 Å². The van der Waals surface area contributed by atoms with Crippen LogP contribution in [0, 0.1) is 0 Å². The van der Waals surface area contributed by atoms with Gasteiger partial charge in [-0.3, -0.25) is 9.69 Å². The summed E-state index contributed by atoms with van der Waals surface area (Å²) in [4.78, 5) is 13.6. The van der Waals surface area contributed by atoms with Crippen LogP contribution in [0.3, 0.4) is 0 Å². The minimum Gasteiger partial charge on any atom is -0.507 e. The first-order valence-electron chi connectivity index (χ1n) is 8.09. The van der Waals surface area contributed by atoms with Crippen molar-refractivity contribution < 1.29 is 14.6 Å². The van der Waals surface area contributed by atoms with Crippen molar-refractivity contribution in [3.05, 3.63) is 48.0 Å². The number of amides is 1. The smallest absolute Gasteiger partial charge is 0.234 e. The Kier molecular flexibility index (Phi) is 4.71. The molecule has 1 amide bonds. The van der Waals surface area contributed by atoms with Crippen LogP contribution in [0.25, 0.3) is 11.1 Å². The van der Waals surface area contributed by atoms with E-state index in [1.807, 2.05) is 47.4 Å². The summed E-state index contributed by atoms with van der Waals surface area (Å²) in [5, 5.41) is 10.7. The summed E-state index contributed by atoms with van der Waals surface area (Å²) in [5.41, 5.74) is 7.82. The molecule has 2 aromatic carbocycles. The van der Waals surface area contributed by atoms with Crippen LogP contribution < -0.4 is 10.5 Å². The Morgan fingerprint density at radius 2 is 2.00 bits per heavy atom. The Bertz CT molecular complexity index is 745. The molecule has 1 saturated heterocycles.